The van der Waals surface area contributed by atoms with Crippen LogP contribution in [0.15, 0.2) is 73.3 Å². The van der Waals surface area contributed by atoms with Gasteiger partial charge in [0, 0.05) is 26.6 Å². The molecule has 0 bridgehead atoms. The van der Waals surface area contributed by atoms with Crippen LogP contribution in [0, 0.1) is 0 Å². The molecule has 0 saturated carbocycles. The molecule has 3 aromatic rings. The summed E-state index contributed by atoms with van der Waals surface area (Å²) in [6.45, 7) is 6.73. The van der Waals surface area contributed by atoms with Crippen LogP contribution in [0.2, 0.25) is 0 Å². The number of benzene rings is 3. The summed E-state index contributed by atoms with van der Waals surface area (Å²) in [5, 5.41) is 6.28. The molecule has 1 fully saturated rings. The fourth-order valence-corrected chi connectivity index (χ4v) is 5.25. The van der Waals surface area contributed by atoms with E-state index in [2.05, 4.69) is 18.2 Å². The Hall–Kier alpha value is -2.79. The maximum absolute atomic E-state index is 12.3. The maximum Gasteiger partial charge on any atom is 0.267 e. The van der Waals surface area contributed by atoms with E-state index in [-0.39, 0.29) is 18.4 Å². The van der Waals surface area contributed by atoms with Crippen LogP contribution in [0.1, 0.15) is 24.0 Å². The zero-order valence-corrected chi connectivity index (χ0v) is 22.7. The van der Waals surface area contributed by atoms with Gasteiger partial charge in [0.25, 0.3) is 10.1 Å². The molecular formula is C29H37N3O5S. The van der Waals surface area contributed by atoms with Gasteiger partial charge < -0.3 is 9.47 Å². The lowest BCUT2D eigenvalue weighted by atomic mass is 10.1. The van der Waals surface area contributed by atoms with Crippen molar-refractivity contribution >= 4 is 27.0 Å². The van der Waals surface area contributed by atoms with E-state index in [4.69, 9.17) is 13.7 Å². The molecule has 204 valence electrons. The average Bonchev–Trinajstić information content (AvgIpc) is 3.27. The van der Waals surface area contributed by atoms with Crippen LogP contribution in [-0.4, -0.2) is 70.2 Å². The number of nitrogens with one attached hydrogen (secondary N) is 1. The van der Waals surface area contributed by atoms with Crippen molar-refractivity contribution in [1.29, 1.82) is 0 Å². The molecule has 1 aliphatic rings. The van der Waals surface area contributed by atoms with E-state index in [9.17, 15) is 8.42 Å². The Morgan fingerprint density at radius 2 is 1.82 bits per heavy atom. The Kier molecular flexibility index (Phi) is 10.3. The number of hydrogen-bond donors (Lipinski definition) is 1. The van der Waals surface area contributed by atoms with E-state index in [0.717, 1.165) is 34.2 Å². The number of rotatable bonds is 15. The van der Waals surface area contributed by atoms with Crippen molar-refractivity contribution in [3.05, 3.63) is 84.4 Å². The molecular weight excluding hydrogens is 502 g/mol. The first-order valence-electron chi connectivity index (χ1n) is 12.9. The van der Waals surface area contributed by atoms with E-state index in [1.54, 1.807) is 0 Å². The summed E-state index contributed by atoms with van der Waals surface area (Å²) in [6, 6.07) is 22.3. The first-order valence-corrected chi connectivity index (χ1v) is 14.5. The Balaban J connectivity index is 1.07. The van der Waals surface area contributed by atoms with Gasteiger partial charge in [-0.3, -0.25) is 4.18 Å². The molecule has 1 N–H and O–H groups in total. The molecule has 1 saturated heterocycles. The standard InChI is InChI=1S/C29H37N3O5S/c1-3-24-10-12-25(13-11-24)22-35-23-28-21-32(30-31(28)2)16-6-19-38(33,34)37-18-7-17-36-29-15-14-26-8-4-5-9-27(26)20-29/h3-5,8-15,20,28,30H,1,6-7,16-19,21-23H2,2H3. The summed E-state index contributed by atoms with van der Waals surface area (Å²) < 4.78 is 41.4. The van der Waals surface area contributed by atoms with Gasteiger partial charge in [-0.2, -0.15) is 14.0 Å². The molecule has 1 aliphatic heterocycles. The highest BCUT2D eigenvalue weighted by atomic mass is 32.2. The first kappa shape index (κ1) is 28.2. The molecule has 0 aromatic heterocycles. The molecule has 38 heavy (non-hydrogen) atoms. The van der Waals surface area contributed by atoms with Crippen molar-refractivity contribution in [3.63, 3.8) is 0 Å². The Morgan fingerprint density at radius 3 is 2.61 bits per heavy atom. The van der Waals surface area contributed by atoms with E-state index in [1.807, 2.05) is 83.8 Å². The third-order valence-electron chi connectivity index (χ3n) is 6.44. The van der Waals surface area contributed by atoms with E-state index < -0.39 is 10.1 Å². The highest BCUT2D eigenvalue weighted by Crippen LogP contribution is 2.20. The van der Waals surface area contributed by atoms with Crippen molar-refractivity contribution in [2.24, 2.45) is 0 Å². The number of fused-ring (bicyclic) bond motifs is 1. The van der Waals surface area contributed by atoms with Gasteiger partial charge in [0.1, 0.15) is 5.75 Å². The van der Waals surface area contributed by atoms with Gasteiger partial charge in [-0.25, -0.2) is 10.0 Å². The van der Waals surface area contributed by atoms with Crippen molar-refractivity contribution in [3.8, 4) is 5.75 Å². The third kappa shape index (κ3) is 8.62. The summed E-state index contributed by atoms with van der Waals surface area (Å²) >= 11 is 0. The number of hydrogen-bond acceptors (Lipinski definition) is 8. The minimum Gasteiger partial charge on any atom is -0.493 e. The van der Waals surface area contributed by atoms with E-state index in [1.165, 1.54) is 0 Å². The molecule has 8 nitrogen and oxygen atoms in total. The predicted molar refractivity (Wildman–Crippen MR) is 151 cm³/mol. The van der Waals surface area contributed by atoms with Gasteiger partial charge in [-0.1, -0.05) is 67.3 Å². The lowest BCUT2D eigenvalue weighted by Crippen LogP contribution is -2.40. The minimum absolute atomic E-state index is 0.0255. The number of hydrazine groups is 2. The van der Waals surface area contributed by atoms with Crippen LogP contribution < -0.4 is 10.3 Å². The van der Waals surface area contributed by atoms with Crippen molar-refractivity contribution < 1.29 is 22.1 Å². The largest absolute Gasteiger partial charge is 0.493 e. The lowest BCUT2D eigenvalue weighted by molar-refractivity contribution is 0.0610. The molecule has 0 radical (unpaired) electrons. The maximum atomic E-state index is 12.3. The molecule has 3 aromatic carbocycles. The lowest BCUT2D eigenvalue weighted by Gasteiger charge is -2.18. The van der Waals surface area contributed by atoms with Crippen LogP contribution in [0.3, 0.4) is 0 Å². The second kappa shape index (κ2) is 13.8. The van der Waals surface area contributed by atoms with Crippen LogP contribution in [-0.2, 0) is 25.6 Å². The molecule has 9 heteroatoms. The zero-order valence-electron chi connectivity index (χ0n) is 21.9. The van der Waals surface area contributed by atoms with E-state index >= 15 is 0 Å². The third-order valence-corrected chi connectivity index (χ3v) is 7.75. The second-order valence-corrected chi connectivity index (χ2v) is 11.2. The van der Waals surface area contributed by atoms with Gasteiger partial charge >= 0.3 is 0 Å². The Labute approximate surface area is 225 Å². The number of ether oxygens (including phenoxy) is 2. The van der Waals surface area contributed by atoms with Crippen LogP contribution in [0.4, 0.5) is 0 Å². The smallest absolute Gasteiger partial charge is 0.267 e. The van der Waals surface area contributed by atoms with Crippen molar-refractivity contribution in [2.45, 2.75) is 25.5 Å². The summed E-state index contributed by atoms with van der Waals surface area (Å²) in [5.74, 6) is 0.739. The monoisotopic (exact) mass is 539 g/mol. The fourth-order valence-electron chi connectivity index (χ4n) is 4.27. The topological polar surface area (TPSA) is 80.3 Å². The zero-order chi connectivity index (χ0) is 26.8. The average molecular weight is 540 g/mol. The van der Waals surface area contributed by atoms with Gasteiger partial charge in [0.05, 0.1) is 38.2 Å². The summed E-state index contributed by atoms with van der Waals surface area (Å²) in [5.41, 5.74) is 5.47. The molecule has 1 heterocycles. The Bertz CT molecular complexity index is 1280. The summed E-state index contributed by atoms with van der Waals surface area (Å²) in [6.07, 6.45) is 2.78. The first-order chi connectivity index (χ1) is 18.4. The van der Waals surface area contributed by atoms with Gasteiger partial charge in [0.2, 0.25) is 0 Å². The van der Waals surface area contributed by atoms with Crippen molar-refractivity contribution in [1.82, 2.24) is 15.6 Å². The SMILES string of the molecule is C=Cc1ccc(COCC2CN(CCCS(=O)(=O)OCCCOc3ccc4ccccc4c3)NN2C)cc1. The van der Waals surface area contributed by atoms with Crippen molar-refractivity contribution in [2.75, 3.05) is 45.7 Å². The van der Waals surface area contributed by atoms with Crippen LogP contribution >= 0.6 is 0 Å². The molecule has 4 rings (SSSR count). The minimum atomic E-state index is -3.58. The highest BCUT2D eigenvalue weighted by molar-refractivity contribution is 7.86. The second-order valence-electron chi connectivity index (χ2n) is 9.42. The number of nitrogens with zero attached hydrogens (tertiary/aromatic N) is 2. The molecule has 0 spiro atoms. The van der Waals surface area contributed by atoms with Gasteiger partial charge in [-0.05, 0) is 40.5 Å². The number of likely N-dealkylation sites (N-methyl/N-ethyl adjacent to an activating group) is 1. The fraction of sp³-hybridized carbons (Fsp3) is 0.379. The predicted octanol–water partition coefficient (Wildman–Crippen LogP) is 4.24. The molecule has 1 atom stereocenters. The van der Waals surface area contributed by atoms with E-state index in [0.29, 0.717) is 39.2 Å². The van der Waals surface area contributed by atoms with Crippen LogP contribution in [0.25, 0.3) is 16.8 Å². The molecule has 1 unspecified atom stereocenters. The molecule has 0 amide bonds. The normalized spacial score (nSPS) is 16.7. The van der Waals surface area contributed by atoms with Gasteiger partial charge in [-0.15, -0.1) is 0 Å². The van der Waals surface area contributed by atoms with Gasteiger partial charge in [0.15, 0.2) is 0 Å². The summed E-state index contributed by atoms with van der Waals surface area (Å²) in [7, 11) is -1.61. The Morgan fingerprint density at radius 1 is 1.03 bits per heavy atom. The molecule has 0 aliphatic carbocycles. The van der Waals surface area contributed by atoms with Crippen LogP contribution in [0.5, 0.6) is 5.75 Å². The summed E-state index contributed by atoms with van der Waals surface area (Å²) in [4.78, 5) is 0. The highest BCUT2D eigenvalue weighted by Gasteiger charge is 2.27. The quantitative estimate of drug-likeness (QED) is 0.227.